The van der Waals surface area contributed by atoms with Gasteiger partial charge in [-0.3, -0.25) is 4.79 Å². The second kappa shape index (κ2) is 7.72. The molecule has 0 fully saturated rings. The third-order valence-electron chi connectivity index (χ3n) is 5.48. The van der Waals surface area contributed by atoms with Crippen LogP contribution < -0.4 is 14.8 Å². The van der Waals surface area contributed by atoms with Gasteiger partial charge >= 0.3 is 0 Å². The van der Waals surface area contributed by atoms with Gasteiger partial charge in [-0.15, -0.1) is 0 Å². The molecule has 0 atom stereocenters. The number of benzene rings is 3. The lowest BCUT2D eigenvalue weighted by atomic mass is 10.0. The number of hydrogen-bond acceptors (Lipinski definition) is 5. The number of nitrogens with zero attached hydrogens (tertiary/aromatic N) is 1. The minimum Gasteiger partial charge on any atom is -0.454 e. The molecule has 158 valence electrons. The molecular formula is C23H20N2O5S. The summed E-state index contributed by atoms with van der Waals surface area (Å²) >= 11 is 0. The SMILES string of the molecule is O=C(Nc1ccc(S(=O)(=O)N2CCc3ccccc3C2)cc1)c1ccc2c(c1)OCO2. The van der Waals surface area contributed by atoms with E-state index in [1.165, 1.54) is 22.0 Å². The van der Waals surface area contributed by atoms with E-state index in [4.69, 9.17) is 9.47 Å². The molecule has 0 bridgehead atoms. The maximum atomic E-state index is 13.1. The molecule has 2 aliphatic rings. The molecule has 0 saturated carbocycles. The van der Waals surface area contributed by atoms with Crippen molar-refractivity contribution in [2.75, 3.05) is 18.7 Å². The van der Waals surface area contributed by atoms with Crippen LogP contribution >= 0.6 is 0 Å². The molecule has 5 rings (SSSR count). The Morgan fingerprint density at radius 3 is 2.45 bits per heavy atom. The predicted molar refractivity (Wildman–Crippen MR) is 115 cm³/mol. The molecule has 0 radical (unpaired) electrons. The Kier molecular flexibility index (Phi) is 4.88. The van der Waals surface area contributed by atoms with Crippen LogP contribution in [0.1, 0.15) is 21.5 Å². The lowest BCUT2D eigenvalue weighted by Gasteiger charge is -2.28. The highest BCUT2D eigenvalue weighted by Crippen LogP contribution is 2.32. The van der Waals surface area contributed by atoms with E-state index in [1.807, 2.05) is 24.3 Å². The number of hydrogen-bond donors (Lipinski definition) is 1. The molecule has 3 aromatic rings. The van der Waals surface area contributed by atoms with Crippen LogP contribution in [0, 0.1) is 0 Å². The van der Waals surface area contributed by atoms with Gasteiger partial charge in [-0.2, -0.15) is 4.31 Å². The third kappa shape index (κ3) is 3.75. The van der Waals surface area contributed by atoms with Crippen LogP contribution in [-0.2, 0) is 23.0 Å². The van der Waals surface area contributed by atoms with Gasteiger partial charge in [0.15, 0.2) is 11.5 Å². The fraction of sp³-hybridized carbons (Fsp3) is 0.174. The standard InChI is InChI=1S/C23H20N2O5S/c26-23(17-5-10-21-22(13-17)30-15-29-21)24-19-6-8-20(9-7-19)31(27,28)25-12-11-16-3-1-2-4-18(16)14-25/h1-10,13H,11-12,14-15H2,(H,24,26). The summed E-state index contributed by atoms with van der Waals surface area (Å²) in [5.74, 6) is 0.810. The van der Waals surface area contributed by atoms with Crippen molar-refractivity contribution in [2.24, 2.45) is 0 Å². The van der Waals surface area contributed by atoms with Crippen molar-refractivity contribution in [1.29, 1.82) is 0 Å². The van der Waals surface area contributed by atoms with E-state index < -0.39 is 10.0 Å². The summed E-state index contributed by atoms with van der Waals surface area (Å²) in [4.78, 5) is 12.7. The monoisotopic (exact) mass is 436 g/mol. The first kappa shape index (κ1) is 19.6. The molecule has 0 aliphatic carbocycles. The number of nitrogens with one attached hydrogen (secondary N) is 1. The number of amides is 1. The minimum absolute atomic E-state index is 0.138. The third-order valence-corrected chi connectivity index (χ3v) is 7.34. The average Bonchev–Trinajstić information content (AvgIpc) is 3.27. The molecule has 0 spiro atoms. The molecule has 1 amide bonds. The van der Waals surface area contributed by atoms with Crippen LogP contribution in [0.4, 0.5) is 5.69 Å². The molecule has 1 N–H and O–H groups in total. The molecule has 0 saturated heterocycles. The molecule has 0 aromatic heterocycles. The first-order valence-electron chi connectivity index (χ1n) is 9.89. The van der Waals surface area contributed by atoms with Crippen LogP contribution in [0.5, 0.6) is 11.5 Å². The number of rotatable bonds is 4. The molecule has 8 heteroatoms. The van der Waals surface area contributed by atoms with Crippen molar-refractivity contribution < 1.29 is 22.7 Å². The lowest BCUT2D eigenvalue weighted by Crippen LogP contribution is -2.35. The van der Waals surface area contributed by atoms with Crippen LogP contribution in [0.3, 0.4) is 0 Å². The number of sulfonamides is 1. The maximum absolute atomic E-state index is 13.1. The maximum Gasteiger partial charge on any atom is 0.255 e. The van der Waals surface area contributed by atoms with Gasteiger partial charge in [0.05, 0.1) is 4.90 Å². The Hall–Kier alpha value is -3.36. The number of carbonyl (C=O) groups is 1. The highest BCUT2D eigenvalue weighted by atomic mass is 32.2. The molecule has 2 aliphatic heterocycles. The van der Waals surface area contributed by atoms with Gasteiger partial charge in [-0.1, -0.05) is 24.3 Å². The lowest BCUT2D eigenvalue weighted by molar-refractivity contribution is 0.102. The van der Waals surface area contributed by atoms with Crippen molar-refractivity contribution in [2.45, 2.75) is 17.9 Å². The summed E-state index contributed by atoms with van der Waals surface area (Å²) < 4.78 is 38.2. The fourth-order valence-electron chi connectivity index (χ4n) is 3.78. The van der Waals surface area contributed by atoms with E-state index in [9.17, 15) is 13.2 Å². The molecular weight excluding hydrogens is 416 g/mol. The summed E-state index contributed by atoms with van der Waals surface area (Å²) in [5, 5.41) is 2.78. The van der Waals surface area contributed by atoms with Crippen molar-refractivity contribution >= 4 is 21.6 Å². The first-order valence-corrected chi connectivity index (χ1v) is 11.3. The zero-order valence-electron chi connectivity index (χ0n) is 16.6. The van der Waals surface area contributed by atoms with Crippen molar-refractivity contribution in [3.8, 4) is 11.5 Å². The quantitative estimate of drug-likeness (QED) is 0.678. The number of fused-ring (bicyclic) bond motifs is 2. The van der Waals surface area contributed by atoms with E-state index in [-0.39, 0.29) is 17.6 Å². The van der Waals surface area contributed by atoms with Crippen molar-refractivity contribution in [1.82, 2.24) is 4.31 Å². The van der Waals surface area contributed by atoms with Crippen LogP contribution in [0.15, 0.2) is 71.6 Å². The van der Waals surface area contributed by atoms with Gasteiger partial charge in [0.25, 0.3) is 5.91 Å². The predicted octanol–water partition coefficient (Wildman–Crippen LogP) is 3.41. The average molecular weight is 436 g/mol. The molecule has 31 heavy (non-hydrogen) atoms. The van der Waals surface area contributed by atoms with Gasteiger partial charge in [0.1, 0.15) is 0 Å². The van der Waals surface area contributed by atoms with Gasteiger partial charge in [-0.05, 0) is 60.0 Å². The Morgan fingerprint density at radius 1 is 0.903 bits per heavy atom. The summed E-state index contributed by atoms with van der Waals surface area (Å²) in [5.41, 5.74) is 3.15. The number of anilines is 1. The van der Waals surface area contributed by atoms with Crippen LogP contribution in [-0.4, -0.2) is 32.0 Å². The normalized spacial score (nSPS) is 15.4. The Bertz CT molecular complexity index is 1260. The second-order valence-electron chi connectivity index (χ2n) is 7.40. The highest BCUT2D eigenvalue weighted by molar-refractivity contribution is 7.89. The summed E-state index contributed by atoms with van der Waals surface area (Å²) in [6.45, 7) is 0.946. The Labute approximate surface area is 180 Å². The van der Waals surface area contributed by atoms with Gasteiger partial charge in [-0.25, -0.2) is 8.42 Å². The minimum atomic E-state index is -3.62. The van der Waals surface area contributed by atoms with E-state index in [0.29, 0.717) is 42.3 Å². The molecule has 7 nitrogen and oxygen atoms in total. The number of carbonyl (C=O) groups excluding carboxylic acids is 1. The Morgan fingerprint density at radius 2 is 1.65 bits per heavy atom. The Balaban J connectivity index is 1.30. The first-order chi connectivity index (χ1) is 15.0. The van der Waals surface area contributed by atoms with Gasteiger partial charge < -0.3 is 14.8 Å². The largest absolute Gasteiger partial charge is 0.454 e. The summed E-state index contributed by atoms with van der Waals surface area (Å²) in [6.07, 6.45) is 0.694. The van der Waals surface area contributed by atoms with Crippen molar-refractivity contribution in [3.63, 3.8) is 0 Å². The van der Waals surface area contributed by atoms with Gasteiger partial charge in [0, 0.05) is 24.3 Å². The summed E-state index contributed by atoms with van der Waals surface area (Å²) in [7, 11) is -3.62. The van der Waals surface area contributed by atoms with E-state index in [1.54, 1.807) is 30.3 Å². The van der Waals surface area contributed by atoms with Crippen LogP contribution in [0.2, 0.25) is 0 Å². The van der Waals surface area contributed by atoms with Crippen LogP contribution in [0.25, 0.3) is 0 Å². The fourth-order valence-corrected chi connectivity index (χ4v) is 5.19. The summed E-state index contributed by atoms with van der Waals surface area (Å²) in [6, 6.07) is 19.1. The molecule has 3 aromatic carbocycles. The number of ether oxygens (including phenoxy) is 2. The highest BCUT2D eigenvalue weighted by Gasteiger charge is 2.28. The zero-order chi connectivity index (χ0) is 21.4. The molecule has 0 unspecified atom stereocenters. The van der Waals surface area contributed by atoms with E-state index in [0.717, 1.165) is 5.56 Å². The van der Waals surface area contributed by atoms with E-state index >= 15 is 0 Å². The topological polar surface area (TPSA) is 84.9 Å². The zero-order valence-corrected chi connectivity index (χ0v) is 17.4. The second-order valence-corrected chi connectivity index (χ2v) is 9.34. The van der Waals surface area contributed by atoms with Crippen molar-refractivity contribution in [3.05, 3.63) is 83.4 Å². The van der Waals surface area contributed by atoms with Gasteiger partial charge in [0.2, 0.25) is 16.8 Å². The smallest absolute Gasteiger partial charge is 0.255 e. The van der Waals surface area contributed by atoms with E-state index in [2.05, 4.69) is 5.32 Å². The molecule has 2 heterocycles.